The Morgan fingerprint density at radius 3 is 2.03 bits per heavy atom. The molecule has 0 unspecified atom stereocenters. The summed E-state index contributed by atoms with van der Waals surface area (Å²) in [6, 6.07) is 30.3. The number of ether oxygens (including phenoxy) is 1. The second-order valence-corrected chi connectivity index (χ2v) is 6.87. The minimum absolute atomic E-state index is 0.0952. The minimum Gasteiger partial charge on any atom is -0.478 e. The van der Waals surface area contributed by atoms with Gasteiger partial charge in [0.05, 0.1) is 5.56 Å². The summed E-state index contributed by atoms with van der Waals surface area (Å²) in [6.45, 7) is 0. The molecular formula is C26H19NO4. The maximum absolute atomic E-state index is 12.8. The molecule has 0 fully saturated rings. The SMILES string of the molecule is O=C(O)c1cc(NC(=O)c2cccc(Oc3ccccc3)c2)cc(-c2ccccc2)c1. The average Bonchev–Trinajstić information content (AvgIpc) is 2.80. The summed E-state index contributed by atoms with van der Waals surface area (Å²) in [7, 11) is 0. The number of hydrogen-bond donors (Lipinski definition) is 2. The summed E-state index contributed by atoms with van der Waals surface area (Å²) in [5, 5.41) is 12.3. The van der Waals surface area contributed by atoms with Gasteiger partial charge >= 0.3 is 5.97 Å². The van der Waals surface area contributed by atoms with Crippen molar-refractivity contribution in [2.75, 3.05) is 5.32 Å². The second-order valence-electron chi connectivity index (χ2n) is 6.87. The van der Waals surface area contributed by atoms with Crippen LogP contribution >= 0.6 is 0 Å². The highest BCUT2D eigenvalue weighted by molar-refractivity contribution is 6.05. The molecule has 0 heterocycles. The van der Waals surface area contributed by atoms with E-state index in [1.54, 1.807) is 36.4 Å². The van der Waals surface area contributed by atoms with Gasteiger partial charge in [-0.25, -0.2) is 4.79 Å². The lowest BCUT2D eigenvalue weighted by atomic mass is 10.0. The molecule has 0 saturated carbocycles. The van der Waals surface area contributed by atoms with Crippen molar-refractivity contribution in [2.24, 2.45) is 0 Å². The van der Waals surface area contributed by atoms with Crippen molar-refractivity contribution in [2.45, 2.75) is 0 Å². The summed E-state index contributed by atoms with van der Waals surface area (Å²) < 4.78 is 5.79. The summed E-state index contributed by atoms with van der Waals surface area (Å²) >= 11 is 0. The molecule has 4 aromatic rings. The lowest BCUT2D eigenvalue weighted by molar-refractivity contribution is 0.0696. The molecule has 5 nitrogen and oxygen atoms in total. The molecule has 5 heteroatoms. The van der Waals surface area contributed by atoms with Crippen LogP contribution in [-0.4, -0.2) is 17.0 Å². The Balaban J connectivity index is 1.59. The lowest BCUT2D eigenvalue weighted by Gasteiger charge is -2.11. The van der Waals surface area contributed by atoms with Gasteiger partial charge in [0.1, 0.15) is 11.5 Å². The fourth-order valence-corrected chi connectivity index (χ4v) is 3.15. The van der Waals surface area contributed by atoms with Crippen molar-refractivity contribution >= 4 is 17.6 Å². The Labute approximate surface area is 179 Å². The van der Waals surface area contributed by atoms with E-state index in [1.165, 1.54) is 6.07 Å². The first-order valence-electron chi connectivity index (χ1n) is 9.66. The normalized spacial score (nSPS) is 10.3. The zero-order chi connectivity index (χ0) is 21.6. The van der Waals surface area contributed by atoms with Crippen molar-refractivity contribution in [3.8, 4) is 22.6 Å². The topological polar surface area (TPSA) is 75.6 Å². The number of carboxylic acid groups (broad SMARTS) is 1. The number of hydrogen-bond acceptors (Lipinski definition) is 3. The van der Waals surface area contributed by atoms with Crippen LogP contribution in [0.2, 0.25) is 0 Å². The molecule has 1 amide bonds. The Hall–Kier alpha value is -4.38. The number of rotatable bonds is 6. The van der Waals surface area contributed by atoms with E-state index in [1.807, 2.05) is 60.7 Å². The molecule has 0 radical (unpaired) electrons. The summed E-state index contributed by atoms with van der Waals surface area (Å²) in [4.78, 5) is 24.4. The number of benzene rings is 4. The number of nitrogens with one attached hydrogen (secondary N) is 1. The fraction of sp³-hybridized carbons (Fsp3) is 0. The average molecular weight is 409 g/mol. The van der Waals surface area contributed by atoms with Crippen LogP contribution in [0.5, 0.6) is 11.5 Å². The van der Waals surface area contributed by atoms with E-state index in [-0.39, 0.29) is 11.5 Å². The molecule has 2 N–H and O–H groups in total. The van der Waals surface area contributed by atoms with Gasteiger partial charge in [0.15, 0.2) is 0 Å². The lowest BCUT2D eigenvalue weighted by Crippen LogP contribution is -2.12. The number of aromatic carboxylic acids is 1. The fourth-order valence-electron chi connectivity index (χ4n) is 3.15. The quantitative estimate of drug-likeness (QED) is 0.404. The van der Waals surface area contributed by atoms with Gasteiger partial charge in [-0.15, -0.1) is 0 Å². The van der Waals surface area contributed by atoms with Crippen LogP contribution < -0.4 is 10.1 Å². The third kappa shape index (κ3) is 4.97. The number of carboxylic acids is 1. The third-order valence-electron chi connectivity index (χ3n) is 4.62. The standard InChI is InChI=1S/C26H19NO4/c28-25(19-10-7-13-24(17-19)31-23-11-5-2-6-12-23)27-22-15-20(14-21(16-22)26(29)30)18-8-3-1-4-9-18/h1-17H,(H,27,28)(H,29,30). The molecule has 152 valence electrons. The van der Waals surface area contributed by atoms with Crippen LogP contribution in [0, 0.1) is 0 Å². The molecule has 0 saturated heterocycles. The van der Waals surface area contributed by atoms with Gasteiger partial charge in [-0.1, -0.05) is 54.6 Å². The molecule has 0 aliphatic rings. The van der Waals surface area contributed by atoms with Crippen molar-refractivity contribution in [1.29, 1.82) is 0 Å². The number of amides is 1. The van der Waals surface area contributed by atoms with Gasteiger partial charge < -0.3 is 15.2 Å². The largest absolute Gasteiger partial charge is 0.478 e. The first-order valence-corrected chi connectivity index (χ1v) is 9.66. The number of carbonyl (C=O) groups excluding carboxylic acids is 1. The van der Waals surface area contributed by atoms with Gasteiger partial charge in [-0.2, -0.15) is 0 Å². The van der Waals surface area contributed by atoms with E-state index in [0.717, 1.165) is 5.56 Å². The van der Waals surface area contributed by atoms with Crippen molar-refractivity contribution in [3.05, 3.63) is 114 Å². The monoisotopic (exact) mass is 409 g/mol. The second kappa shape index (κ2) is 8.97. The van der Waals surface area contributed by atoms with Gasteiger partial charge in [-0.3, -0.25) is 4.79 Å². The molecule has 31 heavy (non-hydrogen) atoms. The first-order chi connectivity index (χ1) is 15.1. The Kier molecular flexibility index (Phi) is 5.76. The molecule has 4 rings (SSSR count). The van der Waals surface area contributed by atoms with Crippen LogP contribution in [-0.2, 0) is 0 Å². The number of anilines is 1. The van der Waals surface area contributed by atoms with Crippen LogP contribution in [0.4, 0.5) is 5.69 Å². The van der Waals surface area contributed by atoms with Crippen LogP contribution in [0.25, 0.3) is 11.1 Å². The number of carbonyl (C=O) groups is 2. The molecule has 0 aromatic heterocycles. The van der Waals surface area contributed by atoms with Crippen LogP contribution in [0.15, 0.2) is 103 Å². The van der Waals surface area contributed by atoms with Crippen LogP contribution in [0.3, 0.4) is 0 Å². The molecule has 0 bridgehead atoms. The zero-order valence-electron chi connectivity index (χ0n) is 16.5. The maximum Gasteiger partial charge on any atom is 0.335 e. The van der Waals surface area contributed by atoms with E-state index >= 15 is 0 Å². The third-order valence-corrected chi connectivity index (χ3v) is 4.62. The van der Waals surface area contributed by atoms with Crippen LogP contribution in [0.1, 0.15) is 20.7 Å². The minimum atomic E-state index is -1.06. The predicted octanol–water partition coefficient (Wildman–Crippen LogP) is 6.10. The highest BCUT2D eigenvalue weighted by atomic mass is 16.5. The maximum atomic E-state index is 12.8. The summed E-state index contributed by atoms with van der Waals surface area (Å²) in [5.74, 6) is -0.226. The Morgan fingerprint density at radius 1 is 0.645 bits per heavy atom. The molecular weight excluding hydrogens is 390 g/mol. The molecule has 0 atom stereocenters. The van der Waals surface area contributed by atoms with Gasteiger partial charge in [0.2, 0.25) is 0 Å². The zero-order valence-corrected chi connectivity index (χ0v) is 16.5. The molecule has 0 aliphatic carbocycles. The van der Waals surface area contributed by atoms with Gasteiger partial charge in [0.25, 0.3) is 5.91 Å². The number of para-hydroxylation sites is 1. The van der Waals surface area contributed by atoms with Crippen molar-refractivity contribution < 1.29 is 19.4 Å². The first kappa shape index (κ1) is 19.9. The molecule has 0 spiro atoms. The summed E-state index contributed by atoms with van der Waals surface area (Å²) in [5.41, 5.74) is 2.46. The van der Waals surface area contributed by atoms with Crippen molar-refractivity contribution in [3.63, 3.8) is 0 Å². The summed E-state index contributed by atoms with van der Waals surface area (Å²) in [6.07, 6.45) is 0. The van der Waals surface area contributed by atoms with E-state index in [4.69, 9.17) is 4.74 Å². The Morgan fingerprint density at radius 2 is 1.32 bits per heavy atom. The van der Waals surface area contributed by atoms with Crippen molar-refractivity contribution in [1.82, 2.24) is 0 Å². The van der Waals surface area contributed by atoms with E-state index in [0.29, 0.717) is 28.3 Å². The predicted molar refractivity (Wildman–Crippen MR) is 120 cm³/mol. The highest BCUT2D eigenvalue weighted by Crippen LogP contribution is 2.26. The van der Waals surface area contributed by atoms with E-state index < -0.39 is 5.97 Å². The Bertz CT molecular complexity index is 1220. The highest BCUT2D eigenvalue weighted by Gasteiger charge is 2.12. The molecule has 0 aliphatic heterocycles. The van der Waals surface area contributed by atoms with Gasteiger partial charge in [0, 0.05) is 11.3 Å². The van der Waals surface area contributed by atoms with E-state index in [2.05, 4.69) is 5.32 Å². The molecule has 4 aromatic carbocycles. The van der Waals surface area contributed by atoms with E-state index in [9.17, 15) is 14.7 Å². The van der Waals surface area contributed by atoms with Gasteiger partial charge in [-0.05, 0) is 59.7 Å². The smallest absolute Gasteiger partial charge is 0.335 e.